The lowest BCUT2D eigenvalue weighted by atomic mass is 10.1. The number of imide groups is 2. The smallest absolute Gasteiger partial charge is 0.335 e. The summed E-state index contributed by atoms with van der Waals surface area (Å²) < 4.78 is 11.6. The Morgan fingerprint density at radius 2 is 1.47 bits per heavy atom. The van der Waals surface area contributed by atoms with E-state index >= 15 is 0 Å². The van der Waals surface area contributed by atoms with Gasteiger partial charge in [0.15, 0.2) is 0 Å². The minimum Gasteiger partial charge on any atom is -0.490 e. The number of carbonyl (C=O) groups excluding carboxylic acids is 3. The summed E-state index contributed by atoms with van der Waals surface area (Å²) in [5.74, 6) is 0.0572. The van der Waals surface area contributed by atoms with Gasteiger partial charge in [0.1, 0.15) is 30.3 Å². The Morgan fingerprint density at radius 1 is 0.806 bits per heavy atom. The summed E-state index contributed by atoms with van der Waals surface area (Å²) in [4.78, 5) is 38.7. The van der Waals surface area contributed by atoms with Gasteiger partial charge in [0.05, 0.1) is 5.69 Å². The van der Waals surface area contributed by atoms with Crippen molar-refractivity contribution in [2.75, 3.05) is 18.1 Å². The number of aryl methyl sites for hydroxylation is 3. The lowest BCUT2D eigenvalue weighted by molar-refractivity contribution is -0.122. The van der Waals surface area contributed by atoms with Crippen molar-refractivity contribution in [1.29, 1.82) is 0 Å². The molecule has 7 nitrogen and oxygen atoms in total. The zero-order valence-electron chi connectivity index (χ0n) is 20.5. The molecule has 36 heavy (non-hydrogen) atoms. The summed E-state index contributed by atoms with van der Waals surface area (Å²) in [5.41, 5.74) is 4.27. The van der Waals surface area contributed by atoms with Gasteiger partial charge >= 0.3 is 6.03 Å². The standard InChI is InChI=1S/C29H28N2O5/c1-4-21-15-20(3)16-25(17-21)36-14-13-35-24-11-7-22(8-12-24)18-26-27(32)30-29(34)31(28(26)33)23-9-5-19(2)6-10-23/h5-12,15-18H,4,13-14H2,1-3H3,(H,30,32,34)/b26-18-. The van der Waals surface area contributed by atoms with Crippen molar-refractivity contribution in [3.05, 3.63) is 94.6 Å². The van der Waals surface area contributed by atoms with Gasteiger partial charge in [-0.05, 0) is 79.4 Å². The highest BCUT2D eigenvalue weighted by atomic mass is 16.5. The van der Waals surface area contributed by atoms with E-state index in [1.807, 2.05) is 26.0 Å². The molecule has 0 aliphatic carbocycles. The molecule has 1 N–H and O–H groups in total. The minimum absolute atomic E-state index is 0.123. The molecule has 0 radical (unpaired) electrons. The van der Waals surface area contributed by atoms with Crippen LogP contribution in [0.2, 0.25) is 0 Å². The van der Waals surface area contributed by atoms with Gasteiger partial charge in [-0.2, -0.15) is 0 Å². The fourth-order valence-corrected chi connectivity index (χ4v) is 3.84. The number of hydrogen-bond donors (Lipinski definition) is 1. The van der Waals surface area contributed by atoms with Gasteiger partial charge in [-0.15, -0.1) is 0 Å². The zero-order valence-corrected chi connectivity index (χ0v) is 20.5. The molecule has 7 heteroatoms. The Hall–Kier alpha value is -4.39. The monoisotopic (exact) mass is 484 g/mol. The number of rotatable bonds is 8. The first-order chi connectivity index (χ1) is 17.3. The van der Waals surface area contributed by atoms with E-state index in [0.717, 1.165) is 28.2 Å². The van der Waals surface area contributed by atoms with Gasteiger partial charge in [-0.25, -0.2) is 9.69 Å². The topological polar surface area (TPSA) is 84.9 Å². The molecule has 0 saturated carbocycles. The third-order valence-electron chi connectivity index (χ3n) is 5.72. The van der Waals surface area contributed by atoms with Crippen molar-refractivity contribution in [3.63, 3.8) is 0 Å². The van der Waals surface area contributed by atoms with Crippen molar-refractivity contribution in [2.45, 2.75) is 27.2 Å². The van der Waals surface area contributed by atoms with Gasteiger partial charge in [-0.3, -0.25) is 14.9 Å². The van der Waals surface area contributed by atoms with Crippen LogP contribution in [0.5, 0.6) is 11.5 Å². The average molecular weight is 485 g/mol. The molecule has 4 rings (SSSR count). The van der Waals surface area contributed by atoms with Crippen LogP contribution in [0.3, 0.4) is 0 Å². The summed E-state index contributed by atoms with van der Waals surface area (Å²) in [6.07, 6.45) is 2.41. The lowest BCUT2D eigenvalue weighted by Crippen LogP contribution is -2.54. The number of benzene rings is 3. The number of carbonyl (C=O) groups is 3. The van der Waals surface area contributed by atoms with Crippen LogP contribution in [0.1, 0.15) is 29.2 Å². The summed E-state index contributed by atoms with van der Waals surface area (Å²) >= 11 is 0. The number of anilines is 1. The minimum atomic E-state index is -0.770. The summed E-state index contributed by atoms with van der Waals surface area (Å²) in [6.45, 7) is 6.82. The number of hydrogen-bond acceptors (Lipinski definition) is 5. The van der Waals surface area contributed by atoms with Crippen LogP contribution >= 0.6 is 0 Å². The molecule has 1 saturated heterocycles. The number of nitrogens with zero attached hydrogens (tertiary/aromatic N) is 1. The van der Waals surface area contributed by atoms with Crippen molar-refractivity contribution < 1.29 is 23.9 Å². The molecule has 0 unspecified atom stereocenters. The molecule has 1 aliphatic heterocycles. The highest BCUT2D eigenvalue weighted by molar-refractivity contribution is 6.39. The number of barbiturate groups is 1. The lowest BCUT2D eigenvalue weighted by Gasteiger charge is -2.26. The molecular formula is C29H28N2O5. The van der Waals surface area contributed by atoms with E-state index in [1.165, 1.54) is 11.6 Å². The van der Waals surface area contributed by atoms with E-state index in [9.17, 15) is 14.4 Å². The number of ether oxygens (including phenoxy) is 2. The van der Waals surface area contributed by atoms with E-state index in [4.69, 9.17) is 9.47 Å². The van der Waals surface area contributed by atoms with Gasteiger partial charge in [0.25, 0.3) is 11.8 Å². The molecule has 1 aliphatic rings. The van der Waals surface area contributed by atoms with Gasteiger partial charge in [-0.1, -0.05) is 42.8 Å². The van der Waals surface area contributed by atoms with E-state index < -0.39 is 17.8 Å². The predicted molar refractivity (Wildman–Crippen MR) is 138 cm³/mol. The maximum atomic E-state index is 13.0. The fourth-order valence-electron chi connectivity index (χ4n) is 3.84. The second kappa shape index (κ2) is 10.9. The third-order valence-corrected chi connectivity index (χ3v) is 5.72. The van der Waals surface area contributed by atoms with Gasteiger partial charge in [0.2, 0.25) is 0 Å². The Kier molecular flexibility index (Phi) is 7.49. The Balaban J connectivity index is 1.38. The predicted octanol–water partition coefficient (Wildman–Crippen LogP) is 4.99. The first-order valence-electron chi connectivity index (χ1n) is 11.8. The average Bonchev–Trinajstić information content (AvgIpc) is 2.86. The van der Waals surface area contributed by atoms with Crippen molar-refractivity contribution >= 4 is 29.6 Å². The molecule has 0 atom stereocenters. The van der Waals surface area contributed by atoms with E-state index in [2.05, 4.69) is 18.3 Å². The van der Waals surface area contributed by atoms with Gasteiger partial charge < -0.3 is 9.47 Å². The number of nitrogens with one attached hydrogen (secondary N) is 1. The SMILES string of the molecule is CCc1cc(C)cc(OCCOc2ccc(/C=C3/C(=O)NC(=O)N(c4ccc(C)cc4)C3=O)cc2)c1. The van der Waals surface area contributed by atoms with Crippen LogP contribution in [0.15, 0.2) is 72.3 Å². The third kappa shape index (κ3) is 5.81. The second-order valence-electron chi connectivity index (χ2n) is 8.57. The Bertz CT molecular complexity index is 1310. The molecular weight excluding hydrogens is 456 g/mol. The summed E-state index contributed by atoms with van der Waals surface area (Å²) in [5, 5.41) is 2.23. The largest absolute Gasteiger partial charge is 0.490 e. The van der Waals surface area contributed by atoms with Crippen molar-refractivity contribution in [2.24, 2.45) is 0 Å². The van der Waals surface area contributed by atoms with Crippen LogP contribution in [-0.4, -0.2) is 31.1 Å². The van der Waals surface area contributed by atoms with Crippen LogP contribution in [0.25, 0.3) is 6.08 Å². The first-order valence-corrected chi connectivity index (χ1v) is 11.8. The van der Waals surface area contributed by atoms with Crippen LogP contribution in [-0.2, 0) is 16.0 Å². The van der Waals surface area contributed by atoms with Crippen LogP contribution in [0.4, 0.5) is 10.5 Å². The zero-order chi connectivity index (χ0) is 25.7. The molecule has 3 aromatic rings. The van der Waals surface area contributed by atoms with E-state index in [0.29, 0.717) is 30.2 Å². The normalized spacial score (nSPS) is 14.7. The maximum Gasteiger partial charge on any atom is 0.335 e. The van der Waals surface area contributed by atoms with Gasteiger partial charge in [0, 0.05) is 0 Å². The number of urea groups is 1. The summed E-state index contributed by atoms with van der Waals surface area (Å²) in [6, 6.07) is 19.3. The first kappa shape index (κ1) is 24.7. The Morgan fingerprint density at radius 3 is 2.14 bits per heavy atom. The van der Waals surface area contributed by atoms with Crippen LogP contribution in [0, 0.1) is 13.8 Å². The molecule has 3 aromatic carbocycles. The molecule has 0 spiro atoms. The Labute approximate surface area is 210 Å². The number of amides is 4. The van der Waals surface area contributed by atoms with Crippen molar-refractivity contribution in [3.8, 4) is 11.5 Å². The maximum absolute atomic E-state index is 13.0. The van der Waals surface area contributed by atoms with Crippen molar-refractivity contribution in [1.82, 2.24) is 5.32 Å². The molecule has 1 heterocycles. The molecule has 1 fully saturated rings. The fraction of sp³-hybridized carbons (Fsp3) is 0.207. The molecule has 4 amide bonds. The quantitative estimate of drug-likeness (QED) is 0.277. The highest BCUT2D eigenvalue weighted by Crippen LogP contribution is 2.23. The summed E-state index contributed by atoms with van der Waals surface area (Å²) in [7, 11) is 0. The van der Waals surface area contributed by atoms with E-state index in [1.54, 1.807) is 48.5 Å². The molecule has 0 bridgehead atoms. The van der Waals surface area contributed by atoms with Crippen LogP contribution < -0.4 is 19.7 Å². The molecule has 0 aromatic heterocycles. The second-order valence-corrected chi connectivity index (χ2v) is 8.57. The molecule has 184 valence electrons. The highest BCUT2D eigenvalue weighted by Gasteiger charge is 2.36. The van der Waals surface area contributed by atoms with E-state index in [-0.39, 0.29) is 5.57 Å².